The maximum atomic E-state index is 13.0. The second kappa shape index (κ2) is 11.2. The lowest BCUT2D eigenvalue weighted by molar-refractivity contribution is -0.112. The Balaban J connectivity index is 0.00000149. The summed E-state index contributed by atoms with van der Waals surface area (Å²) < 4.78 is 13.0. The Hall–Kier alpha value is -2.41. The van der Waals surface area contributed by atoms with Crippen molar-refractivity contribution < 1.29 is 23.6 Å². The fourth-order valence-corrected chi connectivity index (χ4v) is 1.76. The molecular formula is C16H21FN2O4. The van der Waals surface area contributed by atoms with E-state index in [2.05, 4.69) is 5.32 Å². The number of amides is 1. The number of carbonyl (C=O) groups excluding carboxylic acids is 4. The number of nitrogens with zero attached hydrogens (tertiary/aromatic N) is 1. The monoisotopic (exact) mass is 324 g/mol. The second-order valence-corrected chi connectivity index (χ2v) is 4.71. The Morgan fingerprint density at radius 2 is 1.91 bits per heavy atom. The summed E-state index contributed by atoms with van der Waals surface area (Å²) >= 11 is 0. The van der Waals surface area contributed by atoms with Crippen LogP contribution < -0.4 is 5.32 Å². The first-order valence-corrected chi connectivity index (χ1v) is 6.96. The van der Waals surface area contributed by atoms with E-state index in [1.165, 1.54) is 13.1 Å². The van der Waals surface area contributed by atoms with Crippen LogP contribution in [0.4, 0.5) is 4.39 Å². The zero-order valence-electron chi connectivity index (χ0n) is 13.4. The average molecular weight is 324 g/mol. The number of benzene rings is 1. The van der Waals surface area contributed by atoms with Gasteiger partial charge in [-0.15, -0.1) is 0 Å². The number of hydrogen-bond acceptors (Lipinski definition) is 5. The van der Waals surface area contributed by atoms with Crippen LogP contribution in [0.15, 0.2) is 18.2 Å². The minimum Gasteiger partial charge on any atom is -0.332 e. The van der Waals surface area contributed by atoms with Gasteiger partial charge < -0.3 is 19.8 Å². The third-order valence-electron chi connectivity index (χ3n) is 2.93. The average Bonchev–Trinajstić information content (AvgIpc) is 2.55. The molecule has 7 heteroatoms. The molecule has 0 aliphatic rings. The zero-order valence-corrected chi connectivity index (χ0v) is 13.4. The lowest BCUT2D eigenvalue weighted by Crippen LogP contribution is -2.38. The van der Waals surface area contributed by atoms with Gasteiger partial charge >= 0.3 is 0 Å². The molecule has 0 aliphatic carbocycles. The van der Waals surface area contributed by atoms with Crippen molar-refractivity contribution in [1.82, 2.24) is 10.2 Å². The Kier molecular flexibility index (Phi) is 10.0. The van der Waals surface area contributed by atoms with Crippen molar-refractivity contribution in [2.45, 2.75) is 18.9 Å². The second-order valence-electron chi connectivity index (χ2n) is 4.71. The van der Waals surface area contributed by atoms with E-state index >= 15 is 0 Å². The molecule has 0 aliphatic heterocycles. The molecule has 0 saturated carbocycles. The van der Waals surface area contributed by atoms with E-state index in [0.717, 1.165) is 17.0 Å². The van der Waals surface area contributed by atoms with Crippen molar-refractivity contribution in [3.05, 3.63) is 35.1 Å². The Morgan fingerprint density at radius 1 is 1.30 bits per heavy atom. The summed E-state index contributed by atoms with van der Waals surface area (Å²) in [7, 11) is 5.14. The molecule has 1 atom stereocenters. The van der Waals surface area contributed by atoms with Crippen LogP contribution in [0.3, 0.4) is 0 Å². The van der Waals surface area contributed by atoms with Crippen molar-refractivity contribution in [2.24, 2.45) is 0 Å². The maximum absolute atomic E-state index is 13.0. The molecule has 1 aromatic rings. The number of hydrogen-bond donors (Lipinski definition) is 1. The summed E-state index contributed by atoms with van der Waals surface area (Å²) in [4.78, 5) is 45.5. The predicted molar refractivity (Wildman–Crippen MR) is 84.0 cm³/mol. The van der Waals surface area contributed by atoms with Gasteiger partial charge in [-0.25, -0.2) is 4.39 Å². The van der Waals surface area contributed by atoms with E-state index in [-0.39, 0.29) is 24.0 Å². The fourth-order valence-electron chi connectivity index (χ4n) is 1.76. The summed E-state index contributed by atoms with van der Waals surface area (Å²) in [6.07, 6.45) is 1.94. The van der Waals surface area contributed by atoms with E-state index in [1.54, 1.807) is 0 Å². The van der Waals surface area contributed by atoms with Crippen molar-refractivity contribution in [3.8, 4) is 0 Å². The molecule has 0 heterocycles. The standard InChI is InChI=1S/C14H14FNO4.C2H7N/c1-16(12(9-19)3-2-6-17)14(20)13-5-4-11(15)7-10(13)8-18;1-3-2/h4-9,12H,2-3H2,1H3;3H,1-2H3. The first-order chi connectivity index (χ1) is 11.0. The van der Waals surface area contributed by atoms with E-state index in [0.29, 0.717) is 18.9 Å². The molecule has 0 aromatic heterocycles. The molecule has 0 fully saturated rings. The van der Waals surface area contributed by atoms with Crippen molar-refractivity contribution in [2.75, 3.05) is 21.1 Å². The highest BCUT2D eigenvalue weighted by molar-refractivity contribution is 6.02. The number of halogens is 1. The Labute approximate surface area is 134 Å². The van der Waals surface area contributed by atoms with Crippen LogP contribution in [0.1, 0.15) is 33.6 Å². The molecule has 0 bridgehead atoms. The quantitative estimate of drug-likeness (QED) is 0.759. The maximum Gasteiger partial charge on any atom is 0.254 e. The highest BCUT2D eigenvalue weighted by Crippen LogP contribution is 2.14. The molecular weight excluding hydrogens is 303 g/mol. The lowest BCUT2D eigenvalue weighted by Gasteiger charge is -2.23. The normalized spacial score (nSPS) is 10.8. The summed E-state index contributed by atoms with van der Waals surface area (Å²) in [5.41, 5.74) is -0.0660. The third-order valence-corrected chi connectivity index (χ3v) is 2.93. The summed E-state index contributed by atoms with van der Waals surface area (Å²) in [5, 5.41) is 2.75. The number of carbonyl (C=O) groups is 4. The van der Waals surface area contributed by atoms with E-state index in [4.69, 9.17) is 0 Å². The Morgan fingerprint density at radius 3 is 2.39 bits per heavy atom. The highest BCUT2D eigenvalue weighted by atomic mass is 19.1. The number of aldehydes is 3. The SMILES string of the molecule is CN(C(=O)c1ccc(F)cc1C=O)C(C=O)CCC=O.CNC. The Bertz CT molecular complexity index is 549. The summed E-state index contributed by atoms with van der Waals surface area (Å²) in [6.45, 7) is 0. The van der Waals surface area contributed by atoms with E-state index in [9.17, 15) is 23.6 Å². The van der Waals surface area contributed by atoms with Crippen LogP contribution in [0.25, 0.3) is 0 Å². The minimum atomic E-state index is -0.766. The topological polar surface area (TPSA) is 83.6 Å². The van der Waals surface area contributed by atoms with Gasteiger partial charge in [0.05, 0.1) is 11.6 Å². The molecule has 0 radical (unpaired) electrons. The molecule has 1 N–H and O–H groups in total. The molecule has 23 heavy (non-hydrogen) atoms. The van der Waals surface area contributed by atoms with Crippen LogP contribution in [-0.4, -0.2) is 56.9 Å². The third kappa shape index (κ3) is 6.48. The van der Waals surface area contributed by atoms with Crippen LogP contribution in [0, 0.1) is 5.82 Å². The summed E-state index contributed by atoms with van der Waals surface area (Å²) in [6, 6.07) is 2.45. The van der Waals surface area contributed by atoms with Gasteiger partial charge in [-0.3, -0.25) is 9.59 Å². The van der Waals surface area contributed by atoms with Gasteiger partial charge in [-0.2, -0.15) is 0 Å². The van der Waals surface area contributed by atoms with Crippen LogP contribution in [0.5, 0.6) is 0 Å². The number of nitrogens with one attached hydrogen (secondary N) is 1. The van der Waals surface area contributed by atoms with E-state index < -0.39 is 17.8 Å². The largest absolute Gasteiger partial charge is 0.332 e. The van der Waals surface area contributed by atoms with E-state index in [1.807, 2.05) is 14.1 Å². The molecule has 126 valence electrons. The number of rotatable bonds is 7. The van der Waals surface area contributed by atoms with Gasteiger partial charge in [-0.1, -0.05) is 0 Å². The van der Waals surface area contributed by atoms with Crippen LogP contribution in [-0.2, 0) is 9.59 Å². The lowest BCUT2D eigenvalue weighted by atomic mass is 10.1. The van der Waals surface area contributed by atoms with Gasteiger partial charge in [0.15, 0.2) is 6.29 Å². The number of likely N-dealkylation sites (N-methyl/N-ethyl adjacent to an activating group) is 1. The van der Waals surface area contributed by atoms with Gasteiger partial charge in [0.2, 0.25) is 0 Å². The molecule has 1 amide bonds. The van der Waals surface area contributed by atoms with Gasteiger partial charge in [-0.05, 0) is 38.7 Å². The molecule has 0 spiro atoms. The van der Waals surface area contributed by atoms with Crippen molar-refractivity contribution in [1.29, 1.82) is 0 Å². The van der Waals surface area contributed by atoms with Gasteiger partial charge in [0.25, 0.3) is 5.91 Å². The first kappa shape index (κ1) is 20.6. The van der Waals surface area contributed by atoms with Crippen LogP contribution >= 0.6 is 0 Å². The molecule has 6 nitrogen and oxygen atoms in total. The minimum absolute atomic E-state index is 0.0156. The fraction of sp³-hybridized carbons (Fsp3) is 0.375. The first-order valence-electron chi connectivity index (χ1n) is 6.96. The van der Waals surface area contributed by atoms with Crippen molar-refractivity contribution >= 4 is 24.8 Å². The molecule has 1 aromatic carbocycles. The molecule has 1 rings (SSSR count). The highest BCUT2D eigenvalue weighted by Gasteiger charge is 2.22. The van der Waals surface area contributed by atoms with Gasteiger partial charge in [0.1, 0.15) is 18.4 Å². The zero-order chi connectivity index (χ0) is 17.8. The predicted octanol–water partition coefficient (Wildman–Crippen LogP) is 1.09. The van der Waals surface area contributed by atoms with Crippen LogP contribution in [0.2, 0.25) is 0 Å². The molecule has 0 saturated heterocycles. The summed E-state index contributed by atoms with van der Waals surface area (Å²) in [5.74, 6) is -1.20. The van der Waals surface area contributed by atoms with Gasteiger partial charge in [0, 0.05) is 19.0 Å². The molecule has 1 unspecified atom stereocenters. The van der Waals surface area contributed by atoms with Crippen molar-refractivity contribution in [3.63, 3.8) is 0 Å². The smallest absolute Gasteiger partial charge is 0.254 e.